The molecule has 1 fully saturated rings. The molecule has 0 radical (unpaired) electrons. The van der Waals surface area contributed by atoms with Crippen LogP contribution >= 0.6 is 12.4 Å². The third kappa shape index (κ3) is 4.41. The largest absolute Gasteiger partial charge is 0.417 e. The van der Waals surface area contributed by atoms with Crippen LogP contribution in [-0.4, -0.2) is 9.97 Å². The van der Waals surface area contributed by atoms with Crippen LogP contribution in [0.3, 0.4) is 0 Å². The molecule has 1 aromatic heterocycles. The summed E-state index contributed by atoms with van der Waals surface area (Å²) in [6, 6.07) is 10.9. The van der Waals surface area contributed by atoms with Crippen molar-refractivity contribution in [3.05, 3.63) is 59.9 Å². The van der Waals surface area contributed by atoms with Crippen LogP contribution in [-0.2, 0) is 6.18 Å². The van der Waals surface area contributed by atoms with Crippen molar-refractivity contribution < 1.29 is 13.2 Å². The molecule has 0 amide bonds. The molecule has 1 heterocycles. The Morgan fingerprint density at radius 3 is 2.50 bits per heavy atom. The molecule has 148 valence electrons. The van der Waals surface area contributed by atoms with Gasteiger partial charge in [-0.25, -0.2) is 4.98 Å². The van der Waals surface area contributed by atoms with Gasteiger partial charge in [-0.05, 0) is 54.2 Å². The molecule has 1 saturated carbocycles. The molecule has 1 N–H and O–H groups in total. The zero-order chi connectivity index (χ0) is 18.9. The summed E-state index contributed by atoms with van der Waals surface area (Å²) in [5, 5.41) is 0. The van der Waals surface area contributed by atoms with E-state index in [0.717, 1.165) is 17.4 Å². The van der Waals surface area contributed by atoms with Gasteiger partial charge in [0.2, 0.25) is 0 Å². The van der Waals surface area contributed by atoms with Gasteiger partial charge in [-0.15, -0.1) is 12.4 Å². The monoisotopic (exact) mass is 406 g/mol. The first-order valence-corrected chi connectivity index (χ1v) is 9.35. The summed E-state index contributed by atoms with van der Waals surface area (Å²) < 4.78 is 39.9. The minimum atomic E-state index is -4.38. The van der Waals surface area contributed by atoms with Crippen molar-refractivity contribution >= 4 is 29.5 Å². The maximum Gasteiger partial charge on any atom is 0.417 e. The molecule has 2 nitrogen and oxygen atoms in total. The number of rotatable bonds is 3. The number of aromatic amines is 1. The molecule has 0 unspecified atom stereocenters. The van der Waals surface area contributed by atoms with Gasteiger partial charge in [0.15, 0.2) is 0 Å². The van der Waals surface area contributed by atoms with Gasteiger partial charge in [0.1, 0.15) is 5.82 Å². The second-order valence-corrected chi connectivity index (χ2v) is 7.15. The van der Waals surface area contributed by atoms with Crippen molar-refractivity contribution in [1.29, 1.82) is 0 Å². The lowest BCUT2D eigenvalue weighted by molar-refractivity contribution is -0.137. The van der Waals surface area contributed by atoms with E-state index < -0.39 is 11.7 Å². The number of hydrogen-bond acceptors (Lipinski definition) is 1. The van der Waals surface area contributed by atoms with Gasteiger partial charge in [0.05, 0.1) is 16.6 Å². The highest BCUT2D eigenvalue weighted by Gasteiger charge is 2.33. The number of allylic oxidation sites excluding steroid dienone is 1. The summed E-state index contributed by atoms with van der Waals surface area (Å²) in [7, 11) is 0. The average molecular weight is 407 g/mol. The number of benzene rings is 2. The Kier molecular flexibility index (Phi) is 6.14. The quantitative estimate of drug-likeness (QED) is 0.487. The molecular weight excluding hydrogens is 385 g/mol. The number of aromatic nitrogens is 2. The zero-order valence-electron chi connectivity index (χ0n) is 15.3. The van der Waals surface area contributed by atoms with Crippen LogP contribution in [0.1, 0.15) is 43.5 Å². The summed E-state index contributed by atoms with van der Waals surface area (Å²) in [5.41, 5.74) is 1.57. The van der Waals surface area contributed by atoms with Crippen LogP contribution in [0.2, 0.25) is 0 Å². The number of halogens is 4. The van der Waals surface area contributed by atoms with Crippen molar-refractivity contribution in [1.82, 2.24) is 9.97 Å². The Morgan fingerprint density at radius 1 is 1.00 bits per heavy atom. The van der Waals surface area contributed by atoms with Crippen LogP contribution in [0.4, 0.5) is 13.2 Å². The molecule has 28 heavy (non-hydrogen) atoms. The van der Waals surface area contributed by atoms with Gasteiger partial charge in [0.25, 0.3) is 0 Å². The minimum absolute atomic E-state index is 0. The van der Waals surface area contributed by atoms with Gasteiger partial charge in [0, 0.05) is 0 Å². The summed E-state index contributed by atoms with van der Waals surface area (Å²) >= 11 is 0. The van der Waals surface area contributed by atoms with Crippen molar-refractivity contribution in [3.63, 3.8) is 0 Å². The Hall–Kier alpha value is -2.27. The van der Waals surface area contributed by atoms with Gasteiger partial charge in [-0.2, -0.15) is 13.2 Å². The van der Waals surface area contributed by atoms with E-state index in [4.69, 9.17) is 0 Å². The zero-order valence-corrected chi connectivity index (χ0v) is 16.1. The maximum absolute atomic E-state index is 13.3. The number of imidazole rings is 1. The summed E-state index contributed by atoms with van der Waals surface area (Å²) in [5.74, 6) is 1.35. The van der Waals surface area contributed by atoms with Crippen molar-refractivity contribution in [2.75, 3.05) is 0 Å². The van der Waals surface area contributed by atoms with Crippen LogP contribution in [0, 0.1) is 5.92 Å². The number of nitrogens with zero attached hydrogens (tertiary/aromatic N) is 1. The number of fused-ring (bicyclic) bond motifs is 1. The first kappa shape index (κ1) is 20.5. The number of H-pyrrole nitrogens is 1. The van der Waals surface area contributed by atoms with Crippen molar-refractivity contribution in [2.24, 2.45) is 5.92 Å². The fourth-order valence-electron chi connectivity index (χ4n) is 3.81. The van der Waals surface area contributed by atoms with E-state index in [-0.39, 0.29) is 18.0 Å². The molecule has 1 aliphatic rings. The highest BCUT2D eigenvalue weighted by Crippen LogP contribution is 2.37. The summed E-state index contributed by atoms with van der Waals surface area (Å²) in [6.45, 7) is 0. The molecular formula is C22H22ClF3N2. The maximum atomic E-state index is 13.3. The van der Waals surface area contributed by atoms with E-state index in [1.54, 1.807) is 24.3 Å². The highest BCUT2D eigenvalue weighted by atomic mass is 35.5. The first-order chi connectivity index (χ1) is 13.0. The first-order valence-electron chi connectivity index (χ1n) is 9.35. The van der Waals surface area contributed by atoms with E-state index in [1.165, 1.54) is 44.2 Å². The van der Waals surface area contributed by atoms with E-state index in [0.29, 0.717) is 17.0 Å². The topological polar surface area (TPSA) is 28.7 Å². The second-order valence-electron chi connectivity index (χ2n) is 7.15. The lowest BCUT2D eigenvalue weighted by atomic mass is 9.89. The molecule has 4 rings (SSSR count). The lowest BCUT2D eigenvalue weighted by Gasteiger charge is -2.17. The third-order valence-electron chi connectivity index (χ3n) is 5.22. The Balaban J connectivity index is 0.00000225. The van der Waals surface area contributed by atoms with Crippen molar-refractivity contribution in [2.45, 2.75) is 38.3 Å². The molecule has 1 aliphatic carbocycles. The van der Waals surface area contributed by atoms with Gasteiger partial charge in [-0.3, -0.25) is 0 Å². The standard InChI is InChI=1S/C22H21F3N2.ClH/c23-22(24,25)18-9-5-4-8-17(18)16-11-12-19-20(14-16)27-21(26-19)13-10-15-6-2-1-3-7-15;/h4-5,8-15H,1-3,6-7H2,(H,26,27);1H/b13-10+;. The van der Waals surface area contributed by atoms with Gasteiger partial charge >= 0.3 is 6.18 Å². The number of hydrogen-bond donors (Lipinski definition) is 1. The van der Waals surface area contributed by atoms with E-state index in [1.807, 2.05) is 6.08 Å². The Labute approximate surface area is 168 Å². The van der Waals surface area contributed by atoms with E-state index in [2.05, 4.69) is 16.0 Å². The van der Waals surface area contributed by atoms with E-state index >= 15 is 0 Å². The third-order valence-corrected chi connectivity index (χ3v) is 5.22. The molecule has 0 bridgehead atoms. The second kappa shape index (κ2) is 8.39. The van der Waals surface area contributed by atoms with Crippen molar-refractivity contribution in [3.8, 4) is 11.1 Å². The number of nitrogens with one attached hydrogen (secondary N) is 1. The van der Waals surface area contributed by atoms with E-state index in [9.17, 15) is 13.2 Å². The SMILES string of the molecule is Cl.FC(F)(F)c1ccccc1-c1ccc2[nH]c(/C=C/C3CCCCC3)nc2c1. The molecule has 0 spiro atoms. The summed E-state index contributed by atoms with van der Waals surface area (Å²) in [6.07, 6.45) is 6.12. The molecule has 6 heteroatoms. The normalized spacial score (nSPS) is 15.8. The van der Waals surface area contributed by atoms with Crippen LogP contribution in [0.25, 0.3) is 28.2 Å². The van der Waals surface area contributed by atoms with Gasteiger partial charge in [-0.1, -0.05) is 49.6 Å². The smallest absolute Gasteiger partial charge is 0.338 e. The average Bonchev–Trinajstić information content (AvgIpc) is 3.08. The molecule has 0 saturated heterocycles. The molecule has 2 aromatic carbocycles. The van der Waals surface area contributed by atoms with Crippen LogP contribution < -0.4 is 0 Å². The highest BCUT2D eigenvalue weighted by molar-refractivity contribution is 5.85. The predicted octanol–water partition coefficient (Wildman–Crippen LogP) is 7.26. The number of alkyl halides is 3. The molecule has 0 aliphatic heterocycles. The minimum Gasteiger partial charge on any atom is -0.338 e. The Bertz CT molecular complexity index is 969. The summed E-state index contributed by atoms with van der Waals surface area (Å²) in [4.78, 5) is 7.79. The predicted molar refractivity (Wildman–Crippen MR) is 109 cm³/mol. The van der Waals surface area contributed by atoms with Crippen LogP contribution in [0.15, 0.2) is 48.5 Å². The van der Waals surface area contributed by atoms with Crippen LogP contribution in [0.5, 0.6) is 0 Å². The Morgan fingerprint density at radius 2 is 1.75 bits per heavy atom. The molecule has 0 atom stereocenters. The fourth-order valence-corrected chi connectivity index (χ4v) is 3.81. The lowest BCUT2D eigenvalue weighted by Crippen LogP contribution is -2.06. The van der Waals surface area contributed by atoms with Gasteiger partial charge < -0.3 is 4.98 Å². The molecule has 3 aromatic rings. The fraction of sp³-hybridized carbons (Fsp3) is 0.318.